The maximum absolute atomic E-state index is 13.6. The molecule has 3 N–H and O–H groups in total. The minimum absolute atomic E-state index is 0.0187. The van der Waals surface area contributed by atoms with Gasteiger partial charge in [0.15, 0.2) is 6.04 Å². The van der Waals surface area contributed by atoms with E-state index < -0.39 is 54.3 Å². The van der Waals surface area contributed by atoms with Crippen molar-refractivity contribution >= 4 is 23.8 Å². The zero-order valence-corrected chi connectivity index (χ0v) is 25.9. The van der Waals surface area contributed by atoms with Crippen molar-refractivity contribution in [2.24, 2.45) is 11.8 Å². The highest BCUT2D eigenvalue weighted by atomic mass is 16.6. The molecule has 1 heterocycles. The fourth-order valence-electron chi connectivity index (χ4n) is 5.30. The molecule has 242 valence electrons. The molecule has 0 fully saturated rings. The van der Waals surface area contributed by atoms with E-state index in [-0.39, 0.29) is 26.1 Å². The van der Waals surface area contributed by atoms with E-state index in [2.05, 4.69) is 10.6 Å². The molecule has 0 aromatic heterocycles. The Morgan fingerprint density at radius 2 is 1.50 bits per heavy atom. The zero-order chi connectivity index (χ0) is 32.6. The molecule has 46 heavy (non-hydrogen) atoms. The number of rotatable bonds is 11. The zero-order valence-electron chi connectivity index (χ0n) is 25.9. The number of amides is 2. The number of allylic oxidation sites excluding steroid dienone is 2. The topological polar surface area (TPSA) is 131 Å². The van der Waals surface area contributed by atoms with Crippen LogP contribution in [0.15, 0.2) is 103 Å². The molecule has 3 aromatic carbocycles. The molecule has 4 atom stereocenters. The molecular formula is C37H42N2O7. The summed E-state index contributed by atoms with van der Waals surface area (Å²) in [5.41, 5.74) is 2.71. The van der Waals surface area contributed by atoms with Crippen molar-refractivity contribution in [1.82, 2.24) is 10.6 Å². The Balaban J connectivity index is 1.48. The van der Waals surface area contributed by atoms with Crippen LogP contribution in [0, 0.1) is 11.8 Å². The van der Waals surface area contributed by atoms with Crippen LogP contribution in [-0.4, -0.2) is 54.2 Å². The lowest BCUT2D eigenvalue weighted by Gasteiger charge is -2.23. The third-order valence-corrected chi connectivity index (χ3v) is 7.86. The van der Waals surface area contributed by atoms with Crippen molar-refractivity contribution < 1.29 is 33.8 Å². The number of carbonyl (C=O) groups is 4. The van der Waals surface area contributed by atoms with Crippen LogP contribution in [0.25, 0.3) is 0 Å². The minimum Gasteiger partial charge on any atom is -0.463 e. The predicted molar refractivity (Wildman–Crippen MR) is 173 cm³/mol. The highest BCUT2D eigenvalue weighted by Crippen LogP contribution is 2.19. The van der Waals surface area contributed by atoms with Crippen molar-refractivity contribution in [2.45, 2.75) is 57.2 Å². The minimum atomic E-state index is -1.27. The van der Waals surface area contributed by atoms with Gasteiger partial charge in [-0.1, -0.05) is 103 Å². The Labute approximate surface area is 270 Å². The number of cyclic esters (lactones) is 1. The molecule has 1 aliphatic heterocycles. The largest absolute Gasteiger partial charge is 0.463 e. The molecule has 0 saturated heterocycles. The molecule has 0 saturated carbocycles. The van der Waals surface area contributed by atoms with Crippen LogP contribution >= 0.6 is 0 Å². The van der Waals surface area contributed by atoms with Gasteiger partial charge >= 0.3 is 11.9 Å². The van der Waals surface area contributed by atoms with Crippen LogP contribution in [0.3, 0.4) is 0 Å². The maximum Gasteiger partial charge on any atom is 0.332 e. The third-order valence-electron chi connectivity index (χ3n) is 7.86. The second-order valence-corrected chi connectivity index (χ2v) is 11.5. The number of aliphatic hydroxyl groups is 1. The second kappa shape index (κ2) is 18.3. The molecule has 0 bridgehead atoms. The molecule has 0 spiro atoms. The van der Waals surface area contributed by atoms with Crippen LogP contribution in [0.5, 0.6) is 0 Å². The summed E-state index contributed by atoms with van der Waals surface area (Å²) < 4.78 is 11.1. The van der Waals surface area contributed by atoms with Crippen LogP contribution in [0.4, 0.5) is 0 Å². The van der Waals surface area contributed by atoms with Gasteiger partial charge in [-0.05, 0) is 48.8 Å². The second-order valence-electron chi connectivity index (χ2n) is 11.5. The van der Waals surface area contributed by atoms with Crippen molar-refractivity contribution in [3.63, 3.8) is 0 Å². The summed E-state index contributed by atoms with van der Waals surface area (Å²) in [5, 5.41) is 15.4. The molecule has 0 aliphatic carbocycles. The summed E-state index contributed by atoms with van der Waals surface area (Å²) in [4.78, 5) is 53.1. The van der Waals surface area contributed by atoms with E-state index in [0.717, 1.165) is 16.7 Å². The first-order valence-corrected chi connectivity index (χ1v) is 15.7. The lowest BCUT2D eigenvalue weighted by molar-refractivity contribution is -0.157. The smallest absolute Gasteiger partial charge is 0.332 e. The van der Waals surface area contributed by atoms with Gasteiger partial charge in [0.05, 0.1) is 24.5 Å². The normalized spacial score (nSPS) is 19.7. The van der Waals surface area contributed by atoms with E-state index in [9.17, 15) is 24.3 Å². The van der Waals surface area contributed by atoms with Gasteiger partial charge in [0.2, 0.25) is 11.8 Å². The number of benzene rings is 3. The molecule has 0 unspecified atom stereocenters. The first-order chi connectivity index (χ1) is 22.4. The number of aliphatic hydroxyl groups excluding tert-OH is 1. The van der Waals surface area contributed by atoms with Gasteiger partial charge in [-0.3, -0.25) is 14.4 Å². The van der Waals surface area contributed by atoms with Crippen molar-refractivity contribution in [3.8, 4) is 0 Å². The summed E-state index contributed by atoms with van der Waals surface area (Å²) in [6.07, 6.45) is 5.80. The van der Waals surface area contributed by atoms with E-state index in [4.69, 9.17) is 9.47 Å². The first-order valence-electron chi connectivity index (χ1n) is 15.7. The standard InChI is InChI=1S/C37H42N2O7/c40-24-32(22-28-15-7-2-8-16-28)38-34(41)23-30-19-11-4-12-20-31(21-27-13-5-1-6-14-27)36(43)46-26-33(39-35(30)42)37(44)45-25-29-17-9-3-10-18-29/h1-11,13-18,30-33,40H,12,19-26H2,(H,38,41)(H,39,42)/t30-,31-,32+,33-/m1/s1. The average Bonchev–Trinajstić information content (AvgIpc) is 3.09. The molecule has 4 rings (SSSR count). The first kappa shape index (κ1) is 34.1. The summed E-state index contributed by atoms with van der Waals surface area (Å²) in [7, 11) is 0. The van der Waals surface area contributed by atoms with Gasteiger partial charge in [-0.25, -0.2) is 4.79 Å². The highest BCUT2D eigenvalue weighted by Gasteiger charge is 2.31. The van der Waals surface area contributed by atoms with Gasteiger partial charge in [0.1, 0.15) is 13.2 Å². The lowest BCUT2D eigenvalue weighted by Crippen LogP contribution is -2.48. The van der Waals surface area contributed by atoms with E-state index in [1.54, 1.807) is 0 Å². The number of hydrogen-bond donors (Lipinski definition) is 3. The Hall–Kier alpha value is -4.76. The molecule has 1 aliphatic rings. The quantitative estimate of drug-likeness (QED) is 0.216. The third kappa shape index (κ3) is 11.3. The molecular weight excluding hydrogens is 584 g/mol. The van der Waals surface area contributed by atoms with Crippen molar-refractivity contribution in [3.05, 3.63) is 120 Å². The van der Waals surface area contributed by atoms with Crippen LogP contribution in [-0.2, 0) is 48.1 Å². The fraction of sp³-hybridized carbons (Fsp3) is 0.351. The summed E-state index contributed by atoms with van der Waals surface area (Å²) >= 11 is 0. The summed E-state index contributed by atoms with van der Waals surface area (Å²) in [6.45, 7) is -0.684. The van der Waals surface area contributed by atoms with Crippen molar-refractivity contribution in [1.29, 1.82) is 0 Å². The number of esters is 2. The fourth-order valence-corrected chi connectivity index (χ4v) is 5.30. The molecule has 0 radical (unpaired) electrons. The number of carbonyl (C=O) groups excluding carboxylic acids is 4. The monoisotopic (exact) mass is 626 g/mol. The molecule has 2 amide bonds. The van der Waals surface area contributed by atoms with Gasteiger partial charge in [0.25, 0.3) is 0 Å². The Morgan fingerprint density at radius 1 is 0.870 bits per heavy atom. The van der Waals surface area contributed by atoms with Gasteiger partial charge < -0.3 is 25.2 Å². The predicted octanol–water partition coefficient (Wildman–Crippen LogP) is 4.08. The Morgan fingerprint density at radius 3 is 2.15 bits per heavy atom. The van der Waals surface area contributed by atoms with Crippen molar-refractivity contribution in [2.75, 3.05) is 13.2 Å². The van der Waals surface area contributed by atoms with Gasteiger partial charge in [-0.15, -0.1) is 0 Å². The lowest BCUT2D eigenvalue weighted by atomic mass is 9.94. The van der Waals surface area contributed by atoms with Gasteiger partial charge in [0, 0.05) is 6.42 Å². The summed E-state index contributed by atoms with van der Waals surface area (Å²) in [5.74, 6) is -3.41. The van der Waals surface area contributed by atoms with E-state index in [1.165, 1.54) is 0 Å². The number of hydrogen-bond acceptors (Lipinski definition) is 7. The Kier molecular flexibility index (Phi) is 13.5. The summed E-state index contributed by atoms with van der Waals surface area (Å²) in [6, 6.07) is 26.4. The average molecular weight is 627 g/mol. The molecule has 3 aromatic rings. The van der Waals surface area contributed by atoms with Crippen LogP contribution in [0.2, 0.25) is 0 Å². The van der Waals surface area contributed by atoms with E-state index in [1.807, 2.05) is 103 Å². The van der Waals surface area contributed by atoms with Crippen LogP contribution < -0.4 is 10.6 Å². The van der Waals surface area contributed by atoms with Gasteiger partial charge in [-0.2, -0.15) is 0 Å². The molecule has 9 heteroatoms. The van der Waals surface area contributed by atoms with E-state index in [0.29, 0.717) is 25.7 Å². The maximum atomic E-state index is 13.6. The Bertz CT molecular complexity index is 1430. The van der Waals surface area contributed by atoms with Crippen LogP contribution in [0.1, 0.15) is 42.4 Å². The molecule has 9 nitrogen and oxygen atoms in total. The SMILES string of the molecule is O=C(C[C@H]1CC=CCC[C@H](Cc2ccccc2)C(=O)OC[C@H](C(=O)OCc2ccccc2)NC1=O)N[C@H](CO)Cc1ccccc1. The number of nitrogens with one attached hydrogen (secondary N) is 2. The highest BCUT2D eigenvalue weighted by molar-refractivity contribution is 5.89. The van der Waals surface area contributed by atoms with E-state index >= 15 is 0 Å². The number of ether oxygens (including phenoxy) is 2.